The van der Waals surface area contributed by atoms with E-state index in [1.165, 1.54) is 0 Å². The standard InChI is InChI=1S/C17H20N2O3/c1-12-9-13-10-14(6-7-15(13)22-12)18-16(20)11-19-8-4-2-3-5-17(19)21/h6-7,9-10H,2-5,8,11H2,1H3,(H,18,20). The molecule has 1 aliphatic rings. The van der Waals surface area contributed by atoms with Crippen LogP contribution in [0.25, 0.3) is 11.0 Å². The van der Waals surface area contributed by atoms with Gasteiger partial charge in [-0.05, 0) is 44.0 Å². The van der Waals surface area contributed by atoms with Crippen molar-refractivity contribution in [1.82, 2.24) is 4.90 Å². The lowest BCUT2D eigenvalue weighted by atomic mass is 10.2. The minimum absolute atomic E-state index is 0.0774. The zero-order valence-corrected chi connectivity index (χ0v) is 12.7. The maximum absolute atomic E-state index is 12.2. The molecule has 3 rings (SSSR count). The molecule has 0 radical (unpaired) electrons. The Hall–Kier alpha value is -2.30. The van der Waals surface area contributed by atoms with Crippen molar-refractivity contribution in [2.45, 2.75) is 32.6 Å². The number of fused-ring (bicyclic) bond motifs is 1. The lowest BCUT2D eigenvalue weighted by Gasteiger charge is -2.19. The minimum Gasteiger partial charge on any atom is -0.461 e. The van der Waals surface area contributed by atoms with Crippen LogP contribution in [0.4, 0.5) is 5.69 Å². The summed E-state index contributed by atoms with van der Waals surface area (Å²) in [5.74, 6) is 0.761. The van der Waals surface area contributed by atoms with Gasteiger partial charge in [0.25, 0.3) is 0 Å². The Morgan fingerprint density at radius 3 is 3.00 bits per heavy atom. The molecule has 5 heteroatoms. The van der Waals surface area contributed by atoms with E-state index in [1.807, 2.05) is 31.2 Å². The van der Waals surface area contributed by atoms with Crippen LogP contribution in [-0.4, -0.2) is 29.8 Å². The number of likely N-dealkylation sites (tertiary alicyclic amines) is 1. The molecule has 0 saturated carbocycles. The van der Waals surface area contributed by atoms with Gasteiger partial charge in [-0.25, -0.2) is 0 Å². The molecule has 2 amide bonds. The van der Waals surface area contributed by atoms with Gasteiger partial charge in [0.2, 0.25) is 11.8 Å². The van der Waals surface area contributed by atoms with Crippen molar-refractivity contribution < 1.29 is 14.0 Å². The molecule has 2 heterocycles. The Morgan fingerprint density at radius 2 is 2.14 bits per heavy atom. The van der Waals surface area contributed by atoms with Crippen LogP contribution < -0.4 is 5.32 Å². The lowest BCUT2D eigenvalue weighted by Crippen LogP contribution is -2.37. The van der Waals surface area contributed by atoms with Crippen LogP contribution in [0.15, 0.2) is 28.7 Å². The van der Waals surface area contributed by atoms with E-state index in [4.69, 9.17) is 4.42 Å². The van der Waals surface area contributed by atoms with Crippen molar-refractivity contribution in [1.29, 1.82) is 0 Å². The smallest absolute Gasteiger partial charge is 0.243 e. The minimum atomic E-state index is -0.158. The van der Waals surface area contributed by atoms with E-state index in [1.54, 1.807) is 4.90 Å². The van der Waals surface area contributed by atoms with Crippen LogP contribution in [0.2, 0.25) is 0 Å². The van der Waals surface area contributed by atoms with Crippen LogP contribution in [0, 0.1) is 6.92 Å². The molecule has 2 aromatic rings. The molecule has 1 fully saturated rings. The second-order valence-electron chi connectivity index (χ2n) is 5.78. The van der Waals surface area contributed by atoms with Crippen molar-refractivity contribution in [2.75, 3.05) is 18.4 Å². The third-order valence-corrected chi connectivity index (χ3v) is 3.93. The summed E-state index contributed by atoms with van der Waals surface area (Å²) in [4.78, 5) is 25.7. The van der Waals surface area contributed by atoms with E-state index >= 15 is 0 Å². The van der Waals surface area contributed by atoms with Crippen LogP contribution in [0.3, 0.4) is 0 Å². The van der Waals surface area contributed by atoms with Gasteiger partial charge >= 0.3 is 0 Å². The molecule has 1 aromatic heterocycles. The van der Waals surface area contributed by atoms with Crippen LogP contribution >= 0.6 is 0 Å². The highest BCUT2D eigenvalue weighted by Crippen LogP contribution is 2.22. The highest BCUT2D eigenvalue weighted by molar-refractivity contribution is 5.96. The summed E-state index contributed by atoms with van der Waals surface area (Å²) in [6.07, 6.45) is 3.50. The van der Waals surface area contributed by atoms with Crippen molar-refractivity contribution in [3.63, 3.8) is 0 Å². The number of nitrogens with one attached hydrogen (secondary N) is 1. The Morgan fingerprint density at radius 1 is 1.27 bits per heavy atom. The molecule has 1 N–H and O–H groups in total. The quantitative estimate of drug-likeness (QED) is 0.947. The van der Waals surface area contributed by atoms with Crippen molar-refractivity contribution in [2.24, 2.45) is 0 Å². The van der Waals surface area contributed by atoms with Crippen LogP contribution in [0.5, 0.6) is 0 Å². The second kappa shape index (κ2) is 6.22. The maximum Gasteiger partial charge on any atom is 0.243 e. The molecule has 22 heavy (non-hydrogen) atoms. The normalized spacial score (nSPS) is 15.9. The molecular weight excluding hydrogens is 280 g/mol. The number of furan rings is 1. The summed E-state index contributed by atoms with van der Waals surface area (Å²) in [6, 6.07) is 7.47. The Bertz CT molecular complexity index is 705. The summed E-state index contributed by atoms with van der Waals surface area (Å²) in [5.41, 5.74) is 1.53. The van der Waals surface area contributed by atoms with Crippen LogP contribution in [0.1, 0.15) is 31.4 Å². The first-order valence-corrected chi connectivity index (χ1v) is 7.70. The average Bonchev–Trinajstić information content (AvgIpc) is 2.72. The first-order valence-electron chi connectivity index (χ1n) is 7.70. The van der Waals surface area contributed by atoms with Gasteiger partial charge in [-0.1, -0.05) is 6.42 Å². The van der Waals surface area contributed by atoms with E-state index in [0.717, 1.165) is 41.7 Å². The van der Waals surface area contributed by atoms with Gasteiger partial charge in [-0.3, -0.25) is 9.59 Å². The fourth-order valence-electron chi connectivity index (χ4n) is 2.83. The third kappa shape index (κ3) is 3.30. The zero-order chi connectivity index (χ0) is 15.5. The number of rotatable bonds is 3. The molecule has 0 aliphatic carbocycles. The molecule has 0 bridgehead atoms. The molecule has 5 nitrogen and oxygen atoms in total. The molecule has 0 atom stereocenters. The molecule has 1 aliphatic heterocycles. The molecule has 0 unspecified atom stereocenters. The van der Waals surface area contributed by atoms with E-state index in [9.17, 15) is 9.59 Å². The lowest BCUT2D eigenvalue weighted by molar-refractivity contribution is -0.134. The summed E-state index contributed by atoms with van der Waals surface area (Å²) < 4.78 is 5.51. The molecule has 1 saturated heterocycles. The predicted molar refractivity (Wildman–Crippen MR) is 84.6 cm³/mol. The highest BCUT2D eigenvalue weighted by atomic mass is 16.3. The van der Waals surface area contributed by atoms with Gasteiger partial charge in [0.05, 0.1) is 6.54 Å². The number of carbonyl (C=O) groups excluding carboxylic acids is 2. The van der Waals surface area contributed by atoms with Crippen molar-refractivity contribution in [3.8, 4) is 0 Å². The van der Waals surface area contributed by atoms with Gasteiger partial charge in [-0.15, -0.1) is 0 Å². The van der Waals surface area contributed by atoms with Gasteiger partial charge in [0.15, 0.2) is 0 Å². The number of aryl methyl sites for hydroxylation is 1. The monoisotopic (exact) mass is 300 g/mol. The van der Waals surface area contributed by atoms with Crippen molar-refractivity contribution >= 4 is 28.5 Å². The van der Waals surface area contributed by atoms with E-state index in [2.05, 4.69) is 5.32 Å². The first-order chi connectivity index (χ1) is 10.6. The Labute approximate surface area is 129 Å². The van der Waals surface area contributed by atoms with Gasteiger partial charge in [0.1, 0.15) is 11.3 Å². The largest absolute Gasteiger partial charge is 0.461 e. The topological polar surface area (TPSA) is 62.6 Å². The SMILES string of the molecule is Cc1cc2cc(NC(=O)CN3CCCCCC3=O)ccc2o1. The summed E-state index contributed by atoms with van der Waals surface area (Å²) in [5, 5.41) is 3.82. The third-order valence-electron chi connectivity index (χ3n) is 3.93. The Kier molecular flexibility index (Phi) is 4.13. The number of hydrogen-bond acceptors (Lipinski definition) is 3. The van der Waals surface area contributed by atoms with Crippen molar-refractivity contribution in [3.05, 3.63) is 30.0 Å². The number of amides is 2. The van der Waals surface area contributed by atoms with E-state index in [0.29, 0.717) is 13.0 Å². The fraction of sp³-hybridized carbons (Fsp3) is 0.412. The summed E-state index contributed by atoms with van der Waals surface area (Å²) >= 11 is 0. The van der Waals surface area contributed by atoms with Crippen LogP contribution in [-0.2, 0) is 9.59 Å². The number of hydrogen-bond donors (Lipinski definition) is 1. The fourth-order valence-corrected chi connectivity index (χ4v) is 2.83. The average molecular weight is 300 g/mol. The highest BCUT2D eigenvalue weighted by Gasteiger charge is 2.19. The molecule has 0 spiro atoms. The van der Waals surface area contributed by atoms with Gasteiger partial charge < -0.3 is 14.6 Å². The first kappa shape index (κ1) is 14.6. The summed E-state index contributed by atoms with van der Waals surface area (Å²) in [7, 11) is 0. The maximum atomic E-state index is 12.2. The van der Waals surface area contributed by atoms with Gasteiger partial charge in [0, 0.05) is 24.0 Å². The number of nitrogens with zero attached hydrogens (tertiary/aromatic N) is 1. The molecule has 116 valence electrons. The molecule has 1 aromatic carbocycles. The predicted octanol–water partition coefficient (Wildman–Crippen LogP) is 3.08. The van der Waals surface area contributed by atoms with E-state index < -0.39 is 0 Å². The number of carbonyl (C=O) groups is 2. The number of benzene rings is 1. The van der Waals surface area contributed by atoms with E-state index in [-0.39, 0.29) is 18.4 Å². The second-order valence-corrected chi connectivity index (χ2v) is 5.78. The zero-order valence-electron chi connectivity index (χ0n) is 12.7. The summed E-state index contributed by atoms with van der Waals surface area (Å²) in [6.45, 7) is 2.69. The number of anilines is 1. The Balaban J connectivity index is 1.65. The molecular formula is C17H20N2O3. The van der Waals surface area contributed by atoms with Gasteiger partial charge in [-0.2, -0.15) is 0 Å².